The molecule has 5 unspecified atom stereocenters. The molecule has 0 aromatic carbocycles. The van der Waals surface area contributed by atoms with Gasteiger partial charge in [0.2, 0.25) is 17.7 Å². The predicted molar refractivity (Wildman–Crippen MR) is 115 cm³/mol. The summed E-state index contributed by atoms with van der Waals surface area (Å²) < 4.78 is 0. The normalized spacial score (nSPS) is 16.3. The van der Waals surface area contributed by atoms with Crippen LogP contribution in [0.3, 0.4) is 0 Å². The van der Waals surface area contributed by atoms with Crippen molar-refractivity contribution in [2.24, 2.45) is 23.5 Å². The molecule has 0 aliphatic carbocycles. The Morgan fingerprint density at radius 1 is 0.800 bits per heavy atom. The number of aliphatic carboxylic acids is 1. The first kappa shape index (κ1) is 27.8. The minimum Gasteiger partial charge on any atom is -0.480 e. The van der Waals surface area contributed by atoms with E-state index >= 15 is 0 Å². The van der Waals surface area contributed by atoms with Crippen molar-refractivity contribution in [2.45, 2.75) is 91.9 Å². The predicted octanol–water partition coefficient (Wildman–Crippen LogP) is 1.01. The number of hydrogen-bond acceptors (Lipinski definition) is 5. The minimum absolute atomic E-state index is 0.0808. The molecule has 0 fully saturated rings. The van der Waals surface area contributed by atoms with E-state index in [1.807, 2.05) is 34.6 Å². The van der Waals surface area contributed by atoms with Gasteiger partial charge in [0.15, 0.2) is 0 Å². The zero-order valence-electron chi connectivity index (χ0n) is 19.3. The summed E-state index contributed by atoms with van der Waals surface area (Å²) in [6, 6.07) is -3.56. The molecule has 0 heterocycles. The SMILES string of the molecule is CCC(C)C(NC(=O)C(CC(C)C)NC(=O)C(C)NC(=O)C(N)CC(C)C)C(=O)O. The molecule has 174 valence electrons. The smallest absolute Gasteiger partial charge is 0.326 e. The van der Waals surface area contributed by atoms with Gasteiger partial charge in [0.1, 0.15) is 18.1 Å². The van der Waals surface area contributed by atoms with Gasteiger partial charge in [-0.3, -0.25) is 14.4 Å². The maximum Gasteiger partial charge on any atom is 0.326 e. The van der Waals surface area contributed by atoms with E-state index in [1.165, 1.54) is 6.92 Å². The van der Waals surface area contributed by atoms with Crippen molar-refractivity contribution < 1.29 is 24.3 Å². The minimum atomic E-state index is -1.12. The Bertz CT molecular complexity index is 594. The summed E-state index contributed by atoms with van der Waals surface area (Å²) >= 11 is 0. The largest absolute Gasteiger partial charge is 0.480 e. The van der Waals surface area contributed by atoms with Gasteiger partial charge in [-0.1, -0.05) is 48.0 Å². The molecule has 0 spiro atoms. The van der Waals surface area contributed by atoms with E-state index in [4.69, 9.17) is 5.73 Å². The molecular weight excluding hydrogens is 388 g/mol. The molecule has 0 aromatic heterocycles. The van der Waals surface area contributed by atoms with Gasteiger partial charge >= 0.3 is 5.97 Å². The average molecular weight is 429 g/mol. The van der Waals surface area contributed by atoms with E-state index < -0.39 is 47.9 Å². The molecule has 0 aromatic rings. The van der Waals surface area contributed by atoms with Gasteiger partial charge in [-0.2, -0.15) is 0 Å². The molecule has 0 aliphatic rings. The number of hydrogen-bond donors (Lipinski definition) is 5. The standard InChI is InChI=1S/C21H40N4O5/c1-8-13(6)17(21(29)30)25-20(28)16(10-12(4)5)24-18(26)14(7)23-19(27)15(22)9-11(2)3/h11-17H,8-10,22H2,1-7H3,(H,23,27)(H,24,26)(H,25,28)(H,29,30). The Balaban J connectivity index is 5.14. The van der Waals surface area contributed by atoms with Gasteiger partial charge in [0, 0.05) is 0 Å². The Kier molecular flexibility index (Phi) is 12.3. The topological polar surface area (TPSA) is 151 Å². The number of carboxylic acid groups (broad SMARTS) is 1. The van der Waals surface area contributed by atoms with Crippen LogP contribution >= 0.6 is 0 Å². The van der Waals surface area contributed by atoms with E-state index in [9.17, 15) is 24.3 Å². The molecular formula is C21H40N4O5. The van der Waals surface area contributed by atoms with Crippen molar-refractivity contribution in [3.05, 3.63) is 0 Å². The zero-order valence-corrected chi connectivity index (χ0v) is 19.3. The molecule has 0 bridgehead atoms. The second kappa shape index (κ2) is 13.2. The van der Waals surface area contributed by atoms with Crippen LogP contribution in [0.25, 0.3) is 0 Å². The highest BCUT2D eigenvalue weighted by atomic mass is 16.4. The fourth-order valence-corrected chi connectivity index (χ4v) is 2.94. The first-order chi connectivity index (χ1) is 13.8. The summed E-state index contributed by atoms with van der Waals surface area (Å²) in [5.41, 5.74) is 5.84. The van der Waals surface area contributed by atoms with Gasteiger partial charge in [0.05, 0.1) is 6.04 Å². The average Bonchev–Trinajstić information content (AvgIpc) is 2.63. The Morgan fingerprint density at radius 2 is 1.33 bits per heavy atom. The molecule has 0 saturated heterocycles. The number of rotatable bonds is 13. The fraction of sp³-hybridized carbons (Fsp3) is 0.810. The molecule has 5 atom stereocenters. The van der Waals surface area contributed by atoms with Crippen LogP contribution in [0.2, 0.25) is 0 Å². The first-order valence-corrected chi connectivity index (χ1v) is 10.7. The maximum atomic E-state index is 12.7. The van der Waals surface area contributed by atoms with Gasteiger partial charge in [0.25, 0.3) is 0 Å². The van der Waals surface area contributed by atoms with Crippen molar-refractivity contribution in [3.63, 3.8) is 0 Å². The van der Waals surface area contributed by atoms with Crippen LogP contribution in [0.5, 0.6) is 0 Å². The van der Waals surface area contributed by atoms with Crippen molar-refractivity contribution in [1.29, 1.82) is 0 Å². The van der Waals surface area contributed by atoms with E-state index in [0.29, 0.717) is 19.3 Å². The number of carbonyl (C=O) groups is 4. The van der Waals surface area contributed by atoms with Crippen LogP contribution in [-0.4, -0.2) is 53.0 Å². The highest BCUT2D eigenvalue weighted by molar-refractivity contribution is 5.93. The highest BCUT2D eigenvalue weighted by Gasteiger charge is 2.31. The second-order valence-corrected chi connectivity index (χ2v) is 8.87. The Labute approximate surface area is 179 Å². The number of carbonyl (C=O) groups excluding carboxylic acids is 3. The third kappa shape index (κ3) is 10.0. The summed E-state index contributed by atoms with van der Waals surface area (Å²) in [7, 11) is 0. The molecule has 3 amide bonds. The van der Waals surface area contributed by atoms with E-state index in [-0.39, 0.29) is 17.8 Å². The lowest BCUT2D eigenvalue weighted by atomic mass is 9.97. The molecule has 6 N–H and O–H groups in total. The molecule has 0 radical (unpaired) electrons. The van der Waals surface area contributed by atoms with Crippen LogP contribution in [0.15, 0.2) is 0 Å². The molecule has 9 nitrogen and oxygen atoms in total. The molecule has 9 heteroatoms. The lowest BCUT2D eigenvalue weighted by molar-refractivity contribution is -0.144. The summed E-state index contributed by atoms with van der Waals surface area (Å²) in [4.78, 5) is 49.0. The van der Waals surface area contributed by atoms with Crippen molar-refractivity contribution >= 4 is 23.7 Å². The molecule has 0 rings (SSSR count). The van der Waals surface area contributed by atoms with Gasteiger partial charge in [-0.15, -0.1) is 0 Å². The Morgan fingerprint density at radius 3 is 1.77 bits per heavy atom. The monoisotopic (exact) mass is 428 g/mol. The summed E-state index contributed by atoms with van der Waals surface area (Å²) in [5, 5.41) is 17.1. The number of nitrogens with two attached hydrogens (primary N) is 1. The highest BCUT2D eigenvalue weighted by Crippen LogP contribution is 2.11. The number of carboxylic acids is 1. The van der Waals surface area contributed by atoms with Gasteiger partial charge in [-0.05, 0) is 37.5 Å². The summed E-state index contributed by atoms with van der Waals surface area (Å²) in [6.07, 6.45) is 1.40. The zero-order chi connectivity index (χ0) is 23.6. The van der Waals surface area contributed by atoms with Crippen LogP contribution in [0.4, 0.5) is 0 Å². The third-order valence-electron chi connectivity index (χ3n) is 4.93. The van der Waals surface area contributed by atoms with E-state index in [2.05, 4.69) is 16.0 Å². The van der Waals surface area contributed by atoms with Gasteiger partial charge < -0.3 is 26.8 Å². The van der Waals surface area contributed by atoms with Crippen LogP contribution in [0.1, 0.15) is 67.7 Å². The fourth-order valence-electron chi connectivity index (χ4n) is 2.94. The lowest BCUT2D eigenvalue weighted by Crippen LogP contribution is -2.57. The van der Waals surface area contributed by atoms with Gasteiger partial charge in [-0.25, -0.2) is 4.79 Å². The van der Waals surface area contributed by atoms with Crippen molar-refractivity contribution in [2.75, 3.05) is 0 Å². The Hall–Kier alpha value is -2.16. The third-order valence-corrected chi connectivity index (χ3v) is 4.93. The van der Waals surface area contributed by atoms with Crippen LogP contribution < -0.4 is 21.7 Å². The molecule has 0 aliphatic heterocycles. The van der Waals surface area contributed by atoms with Crippen molar-refractivity contribution in [3.8, 4) is 0 Å². The van der Waals surface area contributed by atoms with Crippen molar-refractivity contribution in [1.82, 2.24) is 16.0 Å². The van der Waals surface area contributed by atoms with E-state index in [0.717, 1.165) is 0 Å². The summed E-state index contributed by atoms with van der Waals surface area (Å²) in [6.45, 7) is 12.8. The van der Waals surface area contributed by atoms with Crippen LogP contribution in [-0.2, 0) is 19.2 Å². The van der Waals surface area contributed by atoms with E-state index in [1.54, 1.807) is 6.92 Å². The maximum absolute atomic E-state index is 12.7. The summed E-state index contributed by atoms with van der Waals surface area (Å²) in [5.74, 6) is -2.58. The first-order valence-electron chi connectivity index (χ1n) is 10.7. The number of nitrogens with one attached hydrogen (secondary N) is 3. The molecule has 30 heavy (non-hydrogen) atoms. The lowest BCUT2D eigenvalue weighted by Gasteiger charge is -2.26. The second-order valence-electron chi connectivity index (χ2n) is 8.87. The quantitative estimate of drug-likeness (QED) is 0.295. The number of amides is 3. The molecule has 0 saturated carbocycles. The van der Waals surface area contributed by atoms with Crippen LogP contribution in [0, 0.1) is 17.8 Å².